The Hall–Kier alpha value is -3.88. The van der Waals surface area contributed by atoms with E-state index in [0.29, 0.717) is 30.0 Å². The molecule has 9 heteroatoms. The molecule has 1 atom stereocenters. The van der Waals surface area contributed by atoms with Crippen molar-refractivity contribution in [3.8, 4) is 0 Å². The van der Waals surface area contributed by atoms with Crippen LogP contribution in [-0.4, -0.2) is 38.2 Å². The first-order valence-electron chi connectivity index (χ1n) is 10.4. The molecule has 164 valence electrons. The van der Waals surface area contributed by atoms with Crippen LogP contribution in [0, 0.1) is 12.7 Å². The molecular weight excluding hydrogens is 411 g/mol. The SMILES string of the molecule is Cc1nc([C@H]2CCCCN2C(=O)c2cccnc2N)ncc1C(=O)Nc1ccccc1F. The van der Waals surface area contributed by atoms with E-state index >= 15 is 0 Å². The van der Waals surface area contributed by atoms with Gasteiger partial charge in [0, 0.05) is 18.9 Å². The maximum absolute atomic E-state index is 13.9. The first kappa shape index (κ1) is 21.4. The number of aromatic nitrogens is 3. The highest BCUT2D eigenvalue weighted by molar-refractivity contribution is 6.04. The fraction of sp³-hybridized carbons (Fsp3) is 0.261. The number of nitrogens with zero attached hydrogens (tertiary/aromatic N) is 4. The number of hydrogen-bond donors (Lipinski definition) is 2. The van der Waals surface area contributed by atoms with Crippen LogP contribution in [0.15, 0.2) is 48.8 Å². The molecule has 1 saturated heterocycles. The molecule has 32 heavy (non-hydrogen) atoms. The van der Waals surface area contributed by atoms with E-state index in [1.807, 2.05) is 0 Å². The molecular formula is C23H23FN6O2. The van der Waals surface area contributed by atoms with Crippen LogP contribution >= 0.6 is 0 Å². The number of nitrogens with one attached hydrogen (secondary N) is 1. The van der Waals surface area contributed by atoms with E-state index in [1.54, 1.807) is 36.1 Å². The largest absolute Gasteiger partial charge is 0.383 e. The number of likely N-dealkylation sites (tertiary alicyclic amines) is 1. The number of carbonyl (C=O) groups excluding carboxylic acids is 2. The summed E-state index contributed by atoms with van der Waals surface area (Å²) in [4.78, 5) is 40.4. The lowest BCUT2D eigenvalue weighted by molar-refractivity contribution is 0.0600. The summed E-state index contributed by atoms with van der Waals surface area (Å²) in [7, 11) is 0. The number of para-hydroxylation sites is 1. The third-order valence-electron chi connectivity index (χ3n) is 5.50. The molecule has 1 aromatic carbocycles. The highest BCUT2D eigenvalue weighted by Gasteiger charge is 2.32. The van der Waals surface area contributed by atoms with Gasteiger partial charge in [0.2, 0.25) is 0 Å². The molecule has 0 unspecified atom stereocenters. The van der Waals surface area contributed by atoms with Crippen molar-refractivity contribution in [2.75, 3.05) is 17.6 Å². The maximum Gasteiger partial charge on any atom is 0.259 e. The third-order valence-corrected chi connectivity index (χ3v) is 5.50. The minimum absolute atomic E-state index is 0.0825. The van der Waals surface area contributed by atoms with Crippen LogP contribution in [0.25, 0.3) is 0 Å². The molecule has 0 saturated carbocycles. The van der Waals surface area contributed by atoms with E-state index in [0.717, 1.165) is 12.8 Å². The second kappa shape index (κ2) is 9.09. The van der Waals surface area contributed by atoms with Gasteiger partial charge in [-0.05, 0) is 50.5 Å². The van der Waals surface area contributed by atoms with Gasteiger partial charge in [0.25, 0.3) is 11.8 Å². The van der Waals surface area contributed by atoms with Crippen molar-refractivity contribution in [3.63, 3.8) is 0 Å². The molecule has 1 fully saturated rings. The number of anilines is 2. The summed E-state index contributed by atoms with van der Waals surface area (Å²) in [5.41, 5.74) is 7.01. The Balaban J connectivity index is 1.58. The number of benzene rings is 1. The van der Waals surface area contributed by atoms with Gasteiger partial charge in [-0.25, -0.2) is 19.3 Å². The van der Waals surface area contributed by atoms with Gasteiger partial charge in [-0.15, -0.1) is 0 Å². The first-order valence-corrected chi connectivity index (χ1v) is 10.4. The van der Waals surface area contributed by atoms with Gasteiger partial charge < -0.3 is 16.0 Å². The summed E-state index contributed by atoms with van der Waals surface area (Å²) in [5.74, 6) is -0.608. The van der Waals surface area contributed by atoms with Crippen molar-refractivity contribution < 1.29 is 14.0 Å². The highest BCUT2D eigenvalue weighted by Crippen LogP contribution is 2.31. The number of piperidine rings is 1. The minimum atomic E-state index is -0.526. The average Bonchev–Trinajstić information content (AvgIpc) is 2.80. The summed E-state index contributed by atoms with van der Waals surface area (Å²) in [6.07, 6.45) is 5.45. The Morgan fingerprint density at radius 3 is 2.69 bits per heavy atom. The van der Waals surface area contributed by atoms with Crippen LogP contribution in [0.4, 0.5) is 15.9 Å². The third kappa shape index (κ3) is 4.27. The summed E-state index contributed by atoms with van der Waals surface area (Å²) < 4.78 is 13.9. The molecule has 2 aromatic heterocycles. The van der Waals surface area contributed by atoms with Crippen LogP contribution < -0.4 is 11.1 Å². The number of halogens is 1. The Morgan fingerprint density at radius 1 is 1.12 bits per heavy atom. The summed E-state index contributed by atoms with van der Waals surface area (Å²) in [6, 6.07) is 8.92. The molecule has 0 radical (unpaired) electrons. The van der Waals surface area contributed by atoms with Gasteiger partial charge in [0.15, 0.2) is 5.82 Å². The number of nitrogens with two attached hydrogens (primary N) is 1. The molecule has 1 aliphatic rings. The lowest BCUT2D eigenvalue weighted by Gasteiger charge is -2.35. The van der Waals surface area contributed by atoms with Gasteiger partial charge in [0.05, 0.1) is 28.6 Å². The standard InChI is InChI=1S/C23H23FN6O2/c1-14-16(22(31)29-18-9-3-2-8-17(18)24)13-27-21(28-14)19-10-4-5-12-30(19)23(32)15-7-6-11-26-20(15)25/h2-3,6-9,11,13,19H,4-5,10,12H2,1H3,(H2,25,26)(H,29,31)/t19-/m1/s1. The first-order chi connectivity index (χ1) is 15.5. The number of nitrogen functional groups attached to an aromatic ring is 1. The van der Waals surface area contributed by atoms with Crippen LogP contribution in [0.1, 0.15) is 57.5 Å². The lowest BCUT2D eigenvalue weighted by atomic mass is 9.99. The Morgan fingerprint density at radius 2 is 1.94 bits per heavy atom. The van der Waals surface area contributed by atoms with E-state index in [4.69, 9.17) is 5.73 Å². The normalized spacial score (nSPS) is 15.9. The average molecular weight is 434 g/mol. The number of hydrogen-bond acceptors (Lipinski definition) is 6. The summed E-state index contributed by atoms with van der Waals surface area (Å²) >= 11 is 0. The molecule has 8 nitrogen and oxygen atoms in total. The fourth-order valence-electron chi connectivity index (χ4n) is 3.82. The Bertz CT molecular complexity index is 1170. The zero-order chi connectivity index (χ0) is 22.7. The lowest BCUT2D eigenvalue weighted by Crippen LogP contribution is -2.39. The Kier molecular flexibility index (Phi) is 6.07. The quantitative estimate of drug-likeness (QED) is 0.649. The van der Waals surface area contributed by atoms with Crippen molar-refractivity contribution in [1.82, 2.24) is 19.9 Å². The number of amides is 2. The van der Waals surface area contributed by atoms with E-state index < -0.39 is 11.7 Å². The molecule has 3 N–H and O–H groups in total. The monoisotopic (exact) mass is 434 g/mol. The van der Waals surface area contributed by atoms with E-state index in [-0.39, 0.29) is 29.0 Å². The number of carbonyl (C=O) groups is 2. The predicted molar refractivity (Wildman–Crippen MR) is 117 cm³/mol. The zero-order valence-electron chi connectivity index (χ0n) is 17.6. The molecule has 2 amide bonds. The van der Waals surface area contributed by atoms with Crippen molar-refractivity contribution in [2.24, 2.45) is 0 Å². The highest BCUT2D eigenvalue weighted by atomic mass is 19.1. The van der Waals surface area contributed by atoms with Gasteiger partial charge in [-0.1, -0.05) is 12.1 Å². The second-order valence-corrected chi connectivity index (χ2v) is 7.61. The second-order valence-electron chi connectivity index (χ2n) is 7.61. The van der Waals surface area contributed by atoms with E-state index in [1.165, 1.54) is 24.5 Å². The molecule has 0 spiro atoms. The van der Waals surface area contributed by atoms with Gasteiger partial charge in [-0.2, -0.15) is 0 Å². The van der Waals surface area contributed by atoms with Crippen LogP contribution in [0.3, 0.4) is 0 Å². The van der Waals surface area contributed by atoms with E-state index in [2.05, 4.69) is 20.3 Å². The Labute approximate surface area is 184 Å². The fourth-order valence-corrected chi connectivity index (χ4v) is 3.82. The van der Waals surface area contributed by atoms with E-state index in [9.17, 15) is 14.0 Å². The maximum atomic E-state index is 13.9. The molecule has 0 bridgehead atoms. The number of rotatable bonds is 4. The summed E-state index contributed by atoms with van der Waals surface area (Å²) in [6.45, 7) is 2.24. The van der Waals surface area contributed by atoms with Gasteiger partial charge in [-0.3, -0.25) is 9.59 Å². The van der Waals surface area contributed by atoms with Crippen LogP contribution in [0.5, 0.6) is 0 Å². The predicted octanol–water partition coefficient (Wildman–Crippen LogP) is 3.52. The molecule has 1 aliphatic heterocycles. The molecule has 3 aromatic rings. The van der Waals surface area contributed by atoms with Crippen molar-refractivity contribution in [2.45, 2.75) is 32.2 Å². The smallest absolute Gasteiger partial charge is 0.259 e. The number of pyridine rings is 1. The molecule has 3 heterocycles. The van der Waals surface area contributed by atoms with Gasteiger partial charge in [0.1, 0.15) is 11.6 Å². The van der Waals surface area contributed by atoms with Crippen molar-refractivity contribution in [1.29, 1.82) is 0 Å². The van der Waals surface area contributed by atoms with Crippen LogP contribution in [0.2, 0.25) is 0 Å². The molecule has 0 aliphatic carbocycles. The van der Waals surface area contributed by atoms with Gasteiger partial charge >= 0.3 is 0 Å². The minimum Gasteiger partial charge on any atom is -0.383 e. The topological polar surface area (TPSA) is 114 Å². The number of aryl methyl sites for hydroxylation is 1. The van der Waals surface area contributed by atoms with Crippen molar-refractivity contribution >= 4 is 23.3 Å². The summed E-state index contributed by atoms with van der Waals surface area (Å²) in [5, 5.41) is 2.54. The molecule has 4 rings (SSSR count). The zero-order valence-corrected chi connectivity index (χ0v) is 17.6. The van der Waals surface area contributed by atoms with Crippen molar-refractivity contribution in [3.05, 3.63) is 77.3 Å². The van der Waals surface area contributed by atoms with Crippen LogP contribution in [-0.2, 0) is 0 Å².